The summed E-state index contributed by atoms with van der Waals surface area (Å²) in [5, 5.41) is 10.8. The second kappa shape index (κ2) is 8.79. The van der Waals surface area contributed by atoms with Crippen LogP contribution in [0.25, 0.3) is 0 Å². The average molecular weight is 471 g/mol. The number of fused-ring (bicyclic) bond motifs is 4. The number of carbonyl (C=O) groups is 1. The van der Waals surface area contributed by atoms with Gasteiger partial charge in [-0.2, -0.15) is 0 Å². The molecule has 0 unspecified atom stereocenters. The Balaban J connectivity index is 1.57. The van der Waals surface area contributed by atoms with Gasteiger partial charge < -0.3 is 9.84 Å². The SMILES string of the molecule is COC(=O)C(C)=CCC[C@@H](C)[C@@H]1CC[C@]2(C)C3=C(CC[C@@]12C)[C@@]1(C)CC[C@H](O)C(C)(C)[C@@H]1CC3. The molecule has 3 heteroatoms. The van der Waals surface area contributed by atoms with Gasteiger partial charge in [0.25, 0.3) is 0 Å². The number of hydrogen-bond donors (Lipinski definition) is 1. The molecule has 0 bridgehead atoms. The highest BCUT2D eigenvalue weighted by Crippen LogP contribution is 2.72. The van der Waals surface area contributed by atoms with Crippen LogP contribution >= 0.6 is 0 Å². The van der Waals surface area contributed by atoms with E-state index in [-0.39, 0.29) is 22.9 Å². The van der Waals surface area contributed by atoms with Crippen LogP contribution in [0.3, 0.4) is 0 Å². The molecule has 7 atom stereocenters. The van der Waals surface area contributed by atoms with Crippen molar-refractivity contribution >= 4 is 5.97 Å². The smallest absolute Gasteiger partial charge is 0.333 e. The molecular weight excluding hydrogens is 420 g/mol. The van der Waals surface area contributed by atoms with Gasteiger partial charge in [-0.1, -0.05) is 58.8 Å². The molecule has 0 spiro atoms. The van der Waals surface area contributed by atoms with Gasteiger partial charge >= 0.3 is 5.97 Å². The minimum Gasteiger partial charge on any atom is -0.466 e. The number of allylic oxidation sites excluding steroid dienone is 3. The summed E-state index contributed by atoms with van der Waals surface area (Å²) >= 11 is 0. The Morgan fingerprint density at radius 3 is 2.44 bits per heavy atom. The van der Waals surface area contributed by atoms with Crippen molar-refractivity contribution in [2.24, 2.45) is 39.4 Å². The summed E-state index contributed by atoms with van der Waals surface area (Å²) in [6.07, 6.45) is 13.8. The monoisotopic (exact) mass is 470 g/mol. The predicted molar refractivity (Wildman–Crippen MR) is 139 cm³/mol. The minimum absolute atomic E-state index is 0.00968. The van der Waals surface area contributed by atoms with Gasteiger partial charge in [-0.3, -0.25) is 0 Å². The largest absolute Gasteiger partial charge is 0.466 e. The maximum absolute atomic E-state index is 11.7. The van der Waals surface area contributed by atoms with Gasteiger partial charge in [-0.15, -0.1) is 0 Å². The molecule has 0 saturated heterocycles. The van der Waals surface area contributed by atoms with E-state index in [4.69, 9.17) is 4.74 Å². The fourth-order valence-electron chi connectivity index (χ4n) is 9.64. The Morgan fingerprint density at radius 1 is 1.06 bits per heavy atom. The summed E-state index contributed by atoms with van der Waals surface area (Å²) in [6, 6.07) is 0. The van der Waals surface area contributed by atoms with Gasteiger partial charge in [0.05, 0.1) is 13.2 Å². The highest BCUT2D eigenvalue weighted by molar-refractivity contribution is 5.87. The third kappa shape index (κ3) is 3.66. The molecule has 4 aliphatic carbocycles. The second-order valence-electron chi connectivity index (χ2n) is 13.7. The van der Waals surface area contributed by atoms with Crippen molar-refractivity contribution in [3.63, 3.8) is 0 Å². The number of carbonyl (C=O) groups excluding carboxylic acids is 1. The van der Waals surface area contributed by atoms with Gasteiger partial charge in [0.1, 0.15) is 0 Å². The molecular formula is C31H50O3. The standard InChI is InChI=1S/C31H50O3/c1-20(10-9-11-21(2)27(33)34-8)22-14-18-31(7)24-12-13-25-28(3,4)26(32)16-17-29(25,5)23(24)15-19-30(22,31)6/h11,20,22,25-26,32H,9-10,12-19H2,1-8H3/t20-,22+,25+,26+,29-,30+,31-/m1/s1. The minimum atomic E-state index is -0.206. The van der Waals surface area contributed by atoms with Gasteiger partial charge in [0.15, 0.2) is 0 Å². The van der Waals surface area contributed by atoms with Crippen molar-refractivity contribution in [3.8, 4) is 0 Å². The number of esters is 1. The molecule has 192 valence electrons. The van der Waals surface area contributed by atoms with Crippen molar-refractivity contribution in [2.45, 2.75) is 119 Å². The summed E-state index contributed by atoms with van der Waals surface area (Å²) in [5.74, 6) is 1.79. The van der Waals surface area contributed by atoms with Crippen LogP contribution in [0.4, 0.5) is 0 Å². The number of aliphatic hydroxyl groups excluding tert-OH is 1. The van der Waals surface area contributed by atoms with Crippen LogP contribution in [0.1, 0.15) is 113 Å². The van der Waals surface area contributed by atoms with E-state index in [0.717, 1.165) is 37.2 Å². The fraction of sp³-hybridized carbons (Fsp3) is 0.839. The van der Waals surface area contributed by atoms with Crippen molar-refractivity contribution in [1.29, 1.82) is 0 Å². The second-order valence-corrected chi connectivity index (χ2v) is 13.7. The van der Waals surface area contributed by atoms with E-state index >= 15 is 0 Å². The lowest BCUT2D eigenvalue weighted by Crippen LogP contribution is -2.55. The molecule has 0 aromatic rings. The molecule has 0 radical (unpaired) electrons. The summed E-state index contributed by atoms with van der Waals surface area (Å²) in [4.78, 5) is 11.7. The highest BCUT2D eigenvalue weighted by Gasteiger charge is 2.63. The van der Waals surface area contributed by atoms with Crippen molar-refractivity contribution in [2.75, 3.05) is 7.11 Å². The Morgan fingerprint density at radius 2 is 1.76 bits per heavy atom. The predicted octanol–water partition coefficient (Wildman–Crippen LogP) is 7.63. The molecule has 2 saturated carbocycles. The zero-order valence-electron chi connectivity index (χ0n) is 23.2. The van der Waals surface area contributed by atoms with E-state index in [0.29, 0.717) is 22.7 Å². The molecule has 0 aliphatic heterocycles. The quantitative estimate of drug-likeness (QED) is 0.255. The molecule has 3 nitrogen and oxygen atoms in total. The van der Waals surface area contributed by atoms with E-state index in [1.54, 1.807) is 5.57 Å². The van der Waals surface area contributed by atoms with Gasteiger partial charge in [0, 0.05) is 5.57 Å². The van der Waals surface area contributed by atoms with Gasteiger partial charge in [0.2, 0.25) is 0 Å². The van der Waals surface area contributed by atoms with Crippen LogP contribution in [0.5, 0.6) is 0 Å². The number of hydrogen-bond acceptors (Lipinski definition) is 3. The Kier molecular flexibility index (Phi) is 6.71. The fourth-order valence-corrected chi connectivity index (χ4v) is 9.64. The van der Waals surface area contributed by atoms with E-state index in [1.165, 1.54) is 45.6 Å². The molecule has 0 amide bonds. The van der Waals surface area contributed by atoms with E-state index in [1.807, 2.05) is 12.5 Å². The molecule has 2 fully saturated rings. The third-order valence-corrected chi connectivity index (χ3v) is 12.1. The summed E-state index contributed by atoms with van der Waals surface area (Å²) in [5.41, 5.74) is 5.30. The average Bonchev–Trinajstić information content (AvgIpc) is 3.07. The molecule has 4 rings (SSSR count). The van der Waals surface area contributed by atoms with E-state index < -0.39 is 0 Å². The maximum Gasteiger partial charge on any atom is 0.333 e. The van der Waals surface area contributed by atoms with Crippen LogP contribution in [0, 0.1) is 39.4 Å². The number of ether oxygens (including phenoxy) is 1. The molecule has 0 aromatic heterocycles. The Bertz CT molecular complexity index is 881. The molecule has 0 aromatic carbocycles. The van der Waals surface area contributed by atoms with Crippen molar-refractivity contribution in [1.82, 2.24) is 0 Å². The van der Waals surface area contributed by atoms with Crippen LogP contribution in [0.2, 0.25) is 0 Å². The summed E-state index contributed by atoms with van der Waals surface area (Å²) in [7, 11) is 1.46. The maximum atomic E-state index is 11.7. The van der Waals surface area contributed by atoms with Crippen LogP contribution in [-0.4, -0.2) is 24.3 Å². The topological polar surface area (TPSA) is 46.5 Å². The number of aliphatic hydroxyl groups is 1. The summed E-state index contributed by atoms with van der Waals surface area (Å²) < 4.78 is 4.86. The van der Waals surface area contributed by atoms with Gasteiger partial charge in [-0.25, -0.2) is 4.79 Å². The molecule has 1 N–H and O–H groups in total. The van der Waals surface area contributed by atoms with Crippen molar-refractivity contribution < 1.29 is 14.6 Å². The van der Waals surface area contributed by atoms with Crippen LogP contribution in [-0.2, 0) is 9.53 Å². The highest BCUT2D eigenvalue weighted by atomic mass is 16.5. The lowest BCUT2D eigenvalue weighted by atomic mass is 9.43. The third-order valence-electron chi connectivity index (χ3n) is 12.1. The molecule has 4 aliphatic rings. The van der Waals surface area contributed by atoms with Gasteiger partial charge in [-0.05, 0) is 111 Å². The number of methoxy groups -OCH3 is 1. The first kappa shape index (κ1) is 26.0. The Labute approximate surface area is 208 Å². The first-order chi connectivity index (χ1) is 15.8. The first-order valence-electron chi connectivity index (χ1n) is 14.0. The Hall–Kier alpha value is -1.09. The van der Waals surface area contributed by atoms with Crippen LogP contribution < -0.4 is 0 Å². The van der Waals surface area contributed by atoms with Crippen LogP contribution in [0.15, 0.2) is 22.8 Å². The lowest BCUT2D eigenvalue weighted by molar-refractivity contribution is -0.136. The first-order valence-corrected chi connectivity index (χ1v) is 14.0. The molecule has 34 heavy (non-hydrogen) atoms. The summed E-state index contributed by atoms with van der Waals surface area (Å²) in [6.45, 7) is 16.7. The number of rotatable bonds is 5. The zero-order chi connectivity index (χ0) is 25.1. The normalized spacial score (nSPS) is 42.5. The lowest BCUT2D eigenvalue weighted by Gasteiger charge is -2.62. The van der Waals surface area contributed by atoms with E-state index in [2.05, 4.69) is 47.6 Å². The molecule has 0 heterocycles. The van der Waals surface area contributed by atoms with Crippen molar-refractivity contribution in [3.05, 3.63) is 22.8 Å². The van der Waals surface area contributed by atoms with E-state index in [9.17, 15) is 9.90 Å². The zero-order valence-corrected chi connectivity index (χ0v) is 23.2.